The van der Waals surface area contributed by atoms with Gasteiger partial charge in [-0.3, -0.25) is 14.2 Å². The zero-order valence-corrected chi connectivity index (χ0v) is 59.8. The van der Waals surface area contributed by atoms with Crippen molar-refractivity contribution in [2.45, 2.75) is 341 Å². The van der Waals surface area contributed by atoms with Gasteiger partial charge in [-0.2, -0.15) is 0 Å². The van der Waals surface area contributed by atoms with Crippen molar-refractivity contribution in [1.29, 1.82) is 0 Å². The van der Waals surface area contributed by atoms with E-state index in [4.69, 9.17) is 13.8 Å². The van der Waals surface area contributed by atoms with Crippen molar-refractivity contribution in [1.82, 2.24) is 5.32 Å². The number of unbranched alkanes of at least 4 members (excludes halogenated alkanes) is 35. The summed E-state index contributed by atoms with van der Waals surface area (Å²) in [4.78, 5) is 40.3. The Morgan fingerprint density at radius 1 is 0.404 bits per heavy atom. The normalized spacial score (nSPS) is 14.1. The van der Waals surface area contributed by atoms with Gasteiger partial charge in [0.2, 0.25) is 5.91 Å². The molecule has 0 aliphatic rings. The summed E-state index contributed by atoms with van der Waals surface area (Å²) < 4.78 is 30.5. The molecule has 3 atom stereocenters. The van der Waals surface area contributed by atoms with Crippen LogP contribution in [0, 0.1) is 0 Å². The number of hydrogen-bond acceptors (Lipinski definition) is 7. The molecule has 0 radical (unpaired) electrons. The molecule has 3 unspecified atom stereocenters. The lowest BCUT2D eigenvalue weighted by atomic mass is 10.0. The highest BCUT2D eigenvalue weighted by atomic mass is 31.2. The van der Waals surface area contributed by atoms with Crippen LogP contribution in [0.2, 0.25) is 0 Å². The summed E-state index contributed by atoms with van der Waals surface area (Å²) in [6.07, 6.45) is 93.5. The Bertz CT molecular complexity index is 1890. The van der Waals surface area contributed by atoms with E-state index in [0.29, 0.717) is 17.4 Å². The van der Waals surface area contributed by atoms with Crippen LogP contribution in [-0.2, 0) is 27.9 Å². The van der Waals surface area contributed by atoms with Gasteiger partial charge in [-0.15, -0.1) is 0 Å². The number of carbonyl (C=O) groups is 2. The Balaban J connectivity index is 5.07. The van der Waals surface area contributed by atoms with Gasteiger partial charge in [0.25, 0.3) is 7.82 Å². The highest BCUT2D eigenvalue weighted by Gasteiger charge is 2.27. The Morgan fingerprint density at radius 3 is 1.10 bits per heavy atom. The second kappa shape index (κ2) is 67.6. The summed E-state index contributed by atoms with van der Waals surface area (Å²) in [5, 5.41) is 3.05. The zero-order valence-electron chi connectivity index (χ0n) is 58.9. The smallest absolute Gasteiger partial charge is 0.306 e. The second-order valence-corrected chi connectivity index (χ2v) is 27.5. The van der Waals surface area contributed by atoms with Crippen LogP contribution in [0.1, 0.15) is 329 Å². The molecule has 0 bridgehead atoms. The minimum Gasteiger partial charge on any atom is -0.756 e. The van der Waals surface area contributed by atoms with Gasteiger partial charge in [0.05, 0.1) is 33.8 Å². The Labute approximate surface area is 551 Å². The summed E-state index contributed by atoms with van der Waals surface area (Å²) in [5.74, 6) is -0.544. The summed E-state index contributed by atoms with van der Waals surface area (Å²) in [6.45, 7) is 6.73. The van der Waals surface area contributed by atoms with Crippen LogP contribution >= 0.6 is 7.82 Å². The molecule has 0 aliphatic heterocycles. The SMILES string of the molecule is CC/C=C\C/C=C\C/C=C\C/C=C\C/C=C\CCCCCCCCCCCCCC(=O)OC(/C=C/CCCCCCCCCCCCC)C(COP(=O)([O-])OCC[N+](C)(C)C)NC(=O)CCCCCCCCCCCC/C=C\C/C=C\C/C=C\CCCCC. The van der Waals surface area contributed by atoms with Gasteiger partial charge in [-0.1, -0.05) is 310 Å². The summed E-state index contributed by atoms with van der Waals surface area (Å²) in [5.41, 5.74) is 0. The number of allylic oxidation sites excluding steroid dienone is 17. The molecule has 0 aliphatic carbocycles. The Kier molecular flexibility index (Phi) is 65.0. The highest BCUT2D eigenvalue weighted by Crippen LogP contribution is 2.38. The molecule has 0 aromatic heterocycles. The number of likely N-dealkylation sites (N-methyl/N-ethyl adjacent to an activating group) is 1. The topological polar surface area (TPSA) is 114 Å². The zero-order chi connectivity index (χ0) is 64.9. The molecule has 0 aromatic carbocycles. The molecule has 1 amide bonds. The van der Waals surface area contributed by atoms with Crippen molar-refractivity contribution in [3.05, 3.63) is 109 Å². The van der Waals surface area contributed by atoms with E-state index in [1.807, 2.05) is 33.3 Å². The first-order valence-electron chi connectivity index (χ1n) is 37.2. The first kappa shape index (κ1) is 85.7. The molecule has 10 heteroatoms. The van der Waals surface area contributed by atoms with Crippen molar-refractivity contribution >= 4 is 19.7 Å². The lowest BCUT2D eigenvalue weighted by Crippen LogP contribution is -2.47. The van der Waals surface area contributed by atoms with E-state index in [1.54, 1.807) is 0 Å². The molecule has 0 saturated heterocycles. The van der Waals surface area contributed by atoms with Crippen LogP contribution in [0.5, 0.6) is 0 Å². The summed E-state index contributed by atoms with van der Waals surface area (Å²) in [7, 11) is 1.18. The molecule has 89 heavy (non-hydrogen) atoms. The van der Waals surface area contributed by atoms with E-state index >= 15 is 0 Å². The van der Waals surface area contributed by atoms with Crippen LogP contribution in [0.3, 0.4) is 0 Å². The predicted molar refractivity (Wildman–Crippen MR) is 385 cm³/mol. The first-order valence-corrected chi connectivity index (χ1v) is 38.7. The molecule has 0 rings (SSSR count). The van der Waals surface area contributed by atoms with Gasteiger partial charge >= 0.3 is 5.97 Å². The lowest BCUT2D eigenvalue weighted by molar-refractivity contribution is -0.870. The van der Waals surface area contributed by atoms with Crippen LogP contribution in [0.4, 0.5) is 0 Å². The van der Waals surface area contributed by atoms with Crippen molar-refractivity contribution in [3.63, 3.8) is 0 Å². The fourth-order valence-corrected chi connectivity index (χ4v) is 11.2. The van der Waals surface area contributed by atoms with Crippen molar-refractivity contribution in [2.75, 3.05) is 40.9 Å². The minimum atomic E-state index is -4.71. The number of amides is 1. The number of ether oxygens (including phenoxy) is 1. The molecule has 0 saturated carbocycles. The summed E-state index contributed by atoms with van der Waals surface area (Å²) >= 11 is 0. The third kappa shape index (κ3) is 68.9. The highest BCUT2D eigenvalue weighted by molar-refractivity contribution is 7.45. The third-order valence-corrected chi connectivity index (χ3v) is 17.2. The Morgan fingerprint density at radius 2 is 0.719 bits per heavy atom. The molecular formula is C79H141N2O7P. The maximum atomic E-state index is 13.6. The van der Waals surface area contributed by atoms with Crippen LogP contribution in [0.25, 0.3) is 0 Å². The van der Waals surface area contributed by atoms with E-state index in [9.17, 15) is 19.0 Å². The van der Waals surface area contributed by atoms with Crippen LogP contribution in [-0.4, -0.2) is 69.4 Å². The quantitative estimate of drug-likeness (QED) is 0.0212. The molecule has 1 N–H and O–H groups in total. The van der Waals surface area contributed by atoms with Gasteiger partial charge < -0.3 is 28.5 Å². The van der Waals surface area contributed by atoms with Crippen molar-refractivity contribution in [3.8, 4) is 0 Å². The molecular weight excluding hydrogens is 1120 g/mol. The van der Waals surface area contributed by atoms with E-state index in [-0.39, 0.29) is 24.9 Å². The minimum absolute atomic E-state index is 0.0274. The fraction of sp³-hybridized carbons (Fsp3) is 0.747. The number of quaternary nitrogens is 1. The average Bonchev–Trinajstić information content (AvgIpc) is 3.63. The largest absolute Gasteiger partial charge is 0.756 e. The lowest BCUT2D eigenvalue weighted by Gasteiger charge is -2.30. The van der Waals surface area contributed by atoms with E-state index in [2.05, 4.69) is 123 Å². The van der Waals surface area contributed by atoms with Crippen molar-refractivity contribution in [2.24, 2.45) is 0 Å². The predicted octanol–water partition coefficient (Wildman–Crippen LogP) is 23.4. The number of nitrogens with zero attached hydrogens (tertiary/aromatic N) is 1. The van der Waals surface area contributed by atoms with Gasteiger partial charge in [0.15, 0.2) is 0 Å². The van der Waals surface area contributed by atoms with Crippen molar-refractivity contribution < 1.29 is 37.3 Å². The van der Waals surface area contributed by atoms with E-state index < -0.39 is 26.6 Å². The van der Waals surface area contributed by atoms with Gasteiger partial charge in [-0.25, -0.2) is 0 Å². The molecule has 514 valence electrons. The van der Waals surface area contributed by atoms with Gasteiger partial charge in [0, 0.05) is 12.8 Å². The van der Waals surface area contributed by atoms with Gasteiger partial charge in [0.1, 0.15) is 19.3 Å². The Hall–Kier alpha value is -3.33. The monoisotopic (exact) mass is 1260 g/mol. The fourth-order valence-electron chi connectivity index (χ4n) is 10.5. The first-order chi connectivity index (χ1) is 43.4. The summed E-state index contributed by atoms with van der Waals surface area (Å²) in [6, 6.07) is -0.899. The number of phosphoric ester groups is 1. The number of phosphoric acid groups is 1. The molecule has 0 spiro atoms. The number of carbonyl (C=O) groups excluding carboxylic acids is 2. The van der Waals surface area contributed by atoms with Crippen LogP contribution < -0.4 is 10.2 Å². The van der Waals surface area contributed by atoms with Gasteiger partial charge in [-0.05, 0) is 115 Å². The molecule has 9 nitrogen and oxygen atoms in total. The van der Waals surface area contributed by atoms with Crippen LogP contribution in [0.15, 0.2) is 109 Å². The number of rotatable bonds is 67. The second-order valence-electron chi connectivity index (χ2n) is 26.1. The van der Waals surface area contributed by atoms with E-state index in [0.717, 1.165) is 122 Å². The molecule has 0 heterocycles. The molecule has 0 aromatic rings. The maximum absolute atomic E-state index is 13.6. The van der Waals surface area contributed by atoms with E-state index in [1.165, 1.54) is 173 Å². The average molecular weight is 1260 g/mol. The maximum Gasteiger partial charge on any atom is 0.306 e. The number of hydrogen-bond donors (Lipinski definition) is 1. The standard InChI is InChI=1S/C79H141N2O7P/c1-7-10-13-16-19-22-25-28-30-32-34-36-38-39-40-41-43-45-47-49-51-54-57-60-63-66-69-72-79(83)88-77(70-67-64-61-58-55-52-27-24-21-18-15-12-9-3)76(75-87-89(84,85)86-74-73-81(4,5)6)80-78(82)71-68-65-62-59-56-53-50-48-46-44-42-37-35-33-31-29-26-23-20-17-14-11-8-2/h10,13,19-20,22-23,28-31,34-37,39-40,67,70,76-77H,7-9,11-12,14-18,21,24-27,32-33,38,41-66,68-69,71-75H2,1-6H3,(H-,80,82,84,85)/b13-10-,22-19-,23-20-,30-28-,31-29-,36-34-,37-35-,40-39-,70-67+. The number of nitrogens with one attached hydrogen (secondary N) is 1. The third-order valence-electron chi connectivity index (χ3n) is 16.2. The molecule has 0 fully saturated rings. The number of esters is 1.